The average molecular weight is 453 g/mol. The molecule has 180 valence electrons. The van der Waals surface area contributed by atoms with Crippen LogP contribution < -0.4 is 4.74 Å². The summed E-state index contributed by atoms with van der Waals surface area (Å²) in [5.74, 6) is 1.22. The van der Waals surface area contributed by atoms with Gasteiger partial charge in [0.05, 0.1) is 12.7 Å². The van der Waals surface area contributed by atoms with Crippen molar-refractivity contribution in [2.75, 3.05) is 6.61 Å². The van der Waals surface area contributed by atoms with Gasteiger partial charge in [-0.25, -0.2) is 4.98 Å². The van der Waals surface area contributed by atoms with Crippen molar-refractivity contribution in [1.29, 1.82) is 0 Å². The van der Waals surface area contributed by atoms with Crippen LogP contribution in [0.25, 0.3) is 11.4 Å². The molecule has 5 heteroatoms. The maximum absolute atomic E-state index is 11.3. The van der Waals surface area contributed by atoms with Crippen molar-refractivity contribution >= 4 is 5.97 Å². The lowest BCUT2D eigenvalue weighted by molar-refractivity contribution is -0.148. The average Bonchev–Trinajstić information content (AvgIpc) is 2.83. The van der Waals surface area contributed by atoms with Crippen molar-refractivity contribution in [3.8, 4) is 17.3 Å². The van der Waals surface area contributed by atoms with Crippen LogP contribution in [0.1, 0.15) is 83.6 Å². The summed E-state index contributed by atoms with van der Waals surface area (Å²) in [5.41, 5.74) is 2.31. The zero-order valence-electron chi connectivity index (χ0n) is 20.4. The van der Waals surface area contributed by atoms with E-state index >= 15 is 0 Å². The lowest BCUT2D eigenvalue weighted by Crippen LogP contribution is -2.13. The molecule has 0 saturated heterocycles. The number of hydrogen-bond acceptors (Lipinski definition) is 5. The summed E-state index contributed by atoms with van der Waals surface area (Å²) in [4.78, 5) is 20.3. The molecule has 1 aromatic heterocycles. The first-order chi connectivity index (χ1) is 16.1. The lowest BCUT2D eigenvalue weighted by Gasteiger charge is -2.12. The van der Waals surface area contributed by atoms with Gasteiger partial charge in [0, 0.05) is 24.2 Å². The van der Waals surface area contributed by atoms with Crippen LogP contribution in [-0.2, 0) is 16.0 Å². The van der Waals surface area contributed by atoms with Gasteiger partial charge in [-0.3, -0.25) is 4.79 Å². The van der Waals surface area contributed by atoms with E-state index in [4.69, 9.17) is 9.47 Å². The molecule has 1 heterocycles. The molecular formula is C28H40N2O3. The number of benzene rings is 1. The SMILES string of the molecule is C=CCCCCCCOc1ccnc(-c2ccc(CCCCCC(C)OC(=O)CC)cc2)n1. The minimum Gasteiger partial charge on any atom is -0.478 e. The van der Waals surface area contributed by atoms with Crippen LogP contribution in [0.3, 0.4) is 0 Å². The number of carbonyl (C=O) groups excluding carboxylic acids is 1. The van der Waals surface area contributed by atoms with Crippen LogP contribution in [-0.4, -0.2) is 28.6 Å². The van der Waals surface area contributed by atoms with Gasteiger partial charge in [0.2, 0.25) is 5.88 Å². The van der Waals surface area contributed by atoms with E-state index in [2.05, 4.69) is 40.8 Å². The van der Waals surface area contributed by atoms with Gasteiger partial charge in [0.25, 0.3) is 0 Å². The highest BCUT2D eigenvalue weighted by molar-refractivity contribution is 5.69. The Balaban J connectivity index is 1.70. The van der Waals surface area contributed by atoms with Crippen molar-refractivity contribution in [3.05, 3.63) is 54.7 Å². The molecule has 1 aromatic carbocycles. The first-order valence-electron chi connectivity index (χ1n) is 12.5. The second-order valence-corrected chi connectivity index (χ2v) is 8.51. The van der Waals surface area contributed by atoms with E-state index in [1.807, 2.05) is 26.0 Å². The Labute approximate surface area is 199 Å². The molecule has 2 aromatic rings. The van der Waals surface area contributed by atoms with Gasteiger partial charge in [-0.15, -0.1) is 6.58 Å². The van der Waals surface area contributed by atoms with Gasteiger partial charge in [-0.05, 0) is 57.4 Å². The number of hydrogen-bond donors (Lipinski definition) is 0. The van der Waals surface area contributed by atoms with Crippen molar-refractivity contribution in [2.24, 2.45) is 0 Å². The molecule has 0 N–H and O–H groups in total. The van der Waals surface area contributed by atoms with Gasteiger partial charge in [-0.2, -0.15) is 4.98 Å². The molecule has 0 bridgehead atoms. The Bertz CT molecular complexity index is 820. The van der Waals surface area contributed by atoms with Crippen molar-refractivity contribution in [2.45, 2.75) is 90.6 Å². The number of unbranched alkanes of at least 4 members (excludes halogenated alkanes) is 6. The number of aryl methyl sites for hydroxylation is 1. The molecule has 0 saturated carbocycles. The second kappa shape index (κ2) is 16.0. The van der Waals surface area contributed by atoms with E-state index in [1.165, 1.54) is 24.8 Å². The summed E-state index contributed by atoms with van der Waals surface area (Å²) in [6, 6.07) is 10.3. The standard InChI is InChI=1S/C28H40N2O3/c1-4-6-7-8-9-13-22-32-26-20-21-29-28(30-26)25-18-16-24(17-19-25)15-12-10-11-14-23(3)33-27(31)5-2/h4,16-21,23H,1,5-15,22H2,2-3H3. The molecule has 0 radical (unpaired) electrons. The monoisotopic (exact) mass is 452 g/mol. The molecule has 33 heavy (non-hydrogen) atoms. The topological polar surface area (TPSA) is 61.3 Å². The summed E-state index contributed by atoms with van der Waals surface area (Å²) in [6.45, 7) is 8.24. The van der Waals surface area contributed by atoms with E-state index < -0.39 is 0 Å². The molecular weight excluding hydrogens is 412 g/mol. The molecule has 2 rings (SSSR count). The predicted octanol–water partition coefficient (Wildman–Crippen LogP) is 7.10. The molecule has 1 unspecified atom stereocenters. The Hall–Kier alpha value is -2.69. The van der Waals surface area contributed by atoms with Crippen LogP contribution in [0.4, 0.5) is 0 Å². The van der Waals surface area contributed by atoms with Crippen LogP contribution in [0.5, 0.6) is 5.88 Å². The summed E-state index contributed by atoms with van der Waals surface area (Å²) < 4.78 is 11.1. The summed E-state index contributed by atoms with van der Waals surface area (Å²) >= 11 is 0. The Kier molecular flexibility index (Phi) is 12.9. The number of aromatic nitrogens is 2. The van der Waals surface area contributed by atoms with E-state index in [9.17, 15) is 4.79 Å². The molecule has 0 aliphatic carbocycles. The molecule has 1 atom stereocenters. The zero-order valence-corrected chi connectivity index (χ0v) is 20.4. The lowest BCUT2D eigenvalue weighted by atomic mass is 10.0. The molecule has 0 aliphatic rings. The minimum atomic E-state index is -0.112. The third-order valence-electron chi connectivity index (χ3n) is 5.59. The molecule has 5 nitrogen and oxygen atoms in total. The van der Waals surface area contributed by atoms with Crippen LogP contribution in [0.2, 0.25) is 0 Å². The zero-order chi connectivity index (χ0) is 23.7. The number of carbonyl (C=O) groups is 1. The number of nitrogens with zero attached hydrogens (tertiary/aromatic N) is 2. The third-order valence-corrected chi connectivity index (χ3v) is 5.59. The summed E-state index contributed by atoms with van der Waals surface area (Å²) in [7, 11) is 0. The number of esters is 1. The fraction of sp³-hybridized carbons (Fsp3) is 0.536. The Morgan fingerprint density at radius 1 is 1.03 bits per heavy atom. The van der Waals surface area contributed by atoms with Crippen molar-refractivity contribution in [3.63, 3.8) is 0 Å². The van der Waals surface area contributed by atoms with Crippen LogP contribution >= 0.6 is 0 Å². The fourth-order valence-corrected chi connectivity index (χ4v) is 3.61. The Morgan fingerprint density at radius 3 is 2.55 bits per heavy atom. The highest BCUT2D eigenvalue weighted by Gasteiger charge is 2.07. The maximum Gasteiger partial charge on any atom is 0.305 e. The summed E-state index contributed by atoms with van der Waals surface area (Å²) in [6.07, 6.45) is 15.2. The second-order valence-electron chi connectivity index (χ2n) is 8.51. The van der Waals surface area contributed by atoms with Gasteiger partial charge < -0.3 is 9.47 Å². The quantitative estimate of drug-likeness (QED) is 0.145. The van der Waals surface area contributed by atoms with Crippen LogP contribution in [0.15, 0.2) is 49.2 Å². The van der Waals surface area contributed by atoms with E-state index in [1.54, 1.807) is 6.20 Å². The van der Waals surface area contributed by atoms with E-state index in [-0.39, 0.29) is 12.1 Å². The van der Waals surface area contributed by atoms with Crippen molar-refractivity contribution in [1.82, 2.24) is 9.97 Å². The largest absolute Gasteiger partial charge is 0.478 e. The van der Waals surface area contributed by atoms with Gasteiger partial charge in [-0.1, -0.05) is 56.5 Å². The van der Waals surface area contributed by atoms with Gasteiger partial charge in [0.1, 0.15) is 0 Å². The molecule has 0 amide bonds. The van der Waals surface area contributed by atoms with Crippen molar-refractivity contribution < 1.29 is 14.3 Å². The van der Waals surface area contributed by atoms with E-state index in [0.717, 1.165) is 50.5 Å². The highest BCUT2D eigenvalue weighted by atomic mass is 16.5. The Morgan fingerprint density at radius 2 is 1.79 bits per heavy atom. The smallest absolute Gasteiger partial charge is 0.305 e. The summed E-state index contributed by atoms with van der Waals surface area (Å²) in [5, 5.41) is 0. The van der Waals surface area contributed by atoms with Gasteiger partial charge in [0.15, 0.2) is 5.82 Å². The number of ether oxygens (including phenoxy) is 2. The van der Waals surface area contributed by atoms with E-state index in [0.29, 0.717) is 24.7 Å². The molecule has 0 aliphatic heterocycles. The molecule has 0 spiro atoms. The number of rotatable bonds is 17. The number of allylic oxidation sites excluding steroid dienone is 1. The third kappa shape index (κ3) is 11.1. The predicted molar refractivity (Wildman–Crippen MR) is 134 cm³/mol. The first-order valence-corrected chi connectivity index (χ1v) is 12.5. The molecule has 0 fully saturated rings. The first kappa shape index (κ1) is 26.6. The normalized spacial score (nSPS) is 11.7. The van der Waals surface area contributed by atoms with Gasteiger partial charge >= 0.3 is 5.97 Å². The minimum absolute atomic E-state index is 0.0128. The van der Waals surface area contributed by atoms with Crippen LogP contribution in [0, 0.1) is 0 Å². The fourth-order valence-electron chi connectivity index (χ4n) is 3.61. The maximum atomic E-state index is 11.3. The highest BCUT2D eigenvalue weighted by Crippen LogP contribution is 2.19.